The number of aliphatic hydroxyl groups excluding tert-OH is 2. The molecule has 0 radical (unpaired) electrons. The third-order valence-electron chi connectivity index (χ3n) is 2.93. The van der Waals surface area contributed by atoms with Gasteiger partial charge in [-0.15, -0.1) is 0 Å². The Morgan fingerprint density at radius 2 is 1.71 bits per heavy atom. The number of hydrogen-bond acceptors (Lipinski definition) is 3. The van der Waals surface area contributed by atoms with Crippen molar-refractivity contribution >= 4 is 0 Å². The molecule has 0 aromatic rings. The third-order valence-corrected chi connectivity index (χ3v) is 2.93. The monoisotopic (exact) mass is 243 g/mol. The van der Waals surface area contributed by atoms with Gasteiger partial charge < -0.3 is 10.2 Å². The van der Waals surface area contributed by atoms with Crippen molar-refractivity contribution in [1.82, 2.24) is 0 Å². The van der Waals surface area contributed by atoms with Crippen LogP contribution < -0.4 is 0 Å². The first kappa shape index (κ1) is 16.2. The van der Waals surface area contributed by atoms with Crippen LogP contribution in [-0.4, -0.2) is 29.0 Å². The first-order valence-corrected chi connectivity index (χ1v) is 6.59. The van der Waals surface area contributed by atoms with Crippen LogP contribution in [0.3, 0.4) is 0 Å². The molecule has 0 fully saturated rings. The van der Waals surface area contributed by atoms with E-state index in [1.807, 2.05) is 0 Å². The van der Waals surface area contributed by atoms with Gasteiger partial charge >= 0.3 is 0 Å². The van der Waals surface area contributed by atoms with Crippen molar-refractivity contribution in [2.45, 2.75) is 70.4 Å². The molecule has 0 amide bonds. The summed E-state index contributed by atoms with van der Waals surface area (Å²) in [4.78, 5) is 2.61. The zero-order valence-corrected chi connectivity index (χ0v) is 10.8. The summed E-state index contributed by atoms with van der Waals surface area (Å²) in [5.41, 5.74) is 8.24. The second kappa shape index (κ2) is 11.7. The third kappa shape index (κ3) is 8.98. The second-order valence-corrected chi connectivity index (χ2v) is 4.43. The number of unbranched alkanes of at least 4 members (excludes halogenated alkanes) is 6. The van der Waals surface area contributed by atoms with Gasteiger partial charge in [0.25, 0.3) is 0 Å². The van der Waals surface area contributed by atoms with Gasteiger partial charge in [0.05, 0.1) is 18.8 Å². The average Bonchev–Trinajstić information content (AvgIpc) is 2.34. The molecule has 0 aromatic heterocycles. The van der Waals surface area contributed by atoms with Gasteiger partial charge in [0, 0.05) is 4.91 Å². The number of azide groups is 1. The maximum absolute atomic E-state index is 9.66. The molecular weight excluding hydrogens is 218 g/mol. The van der Waals surface area contributed by atoms with Crippen LogP contribution in [0, 0.1) is 0 Å². The van der Waals surface area contributed by atoms with Crippen LogP contribution in [-0.2, 0) is 0 Å². The standard InChI is InChI=1S/C12H25N3O2/c1-2-3-4-5-6-7-8-9-12(17)11(10-16)14-15-13/h11-12,16-17H,2-10H2,1H3/t11-,12+/m1/s1. The van der Waals surface area contributed by atoms with Crippen molar-refractivity contribution < 1.29 is 10.2 Å². The summed E-state index contributed by atoms with van der Waals surface area (Å²) in [7, 11) is 0. The first-order valence-electron chi connectivity index (χ1n) is 6.59. The maximum atomic E-state index is 9.66. The topological polar surface area (TPSA) is 89.2 Å². The molecule has 17 heavy (non-hydrogen) atoms. The number of nitrogens with zero attached hydrogens (tertiary/aromatic N) is 3. The Kier molecular flexibility index (Phi) is 11.2. The van der Waals surface area contributed by atoms with Crippen molar-refractivity contribution in [3.05, 3.63) is 10.4 Å². The highest BCUT2D eigenvalue weighted by Gasteiger charge is 2.15. The van der Waals surface area contributed by atoms with Gasteiger partial charge in [-0.2, -0.15) is 0 Å². The largest absolute Gasteiger partial charge is 0.396 e. The first-order chi connectivity index (χ1) is 8.26. The number of rotatable bonds is 11. The molecule has 0 spiro atoms. The molecule has 100 valence electrons. The Morgan fingerprint density at radius 1 is 1.12 bits per heavy atom. The van der Waals surface area contributed by atoms with E-state index in [2.05, 4.69) is 16.9 Å². The molecule has 0 aliphatic heterocycles. The molecular formula is C12H25N3O2. The molecule has 0 aliphatic rings. The zero-order valence-electron chi connectivity index (χ0n) is 10.8. The molecule has 0 rings (SSSR count). The summed E-state index contributed by atoms with van der Waals surface area (Å²) in [6.07, 6.45) is 8.18. The lowest BCUT2D eigenvalue weighted by molar-refractivity contribution is 0.0992. The molecule has 0 heterocycles. The van der Waals surface area contributed by atoms with Crippen molar-refractivity contribution in [2.75, 3.05) is 6.61 Å². The Morgan fingerprint density at radius 3 is 2.24 bits per heavy atom. The van der Waals surface area contributed by atoms with Crippen molar-refractivity contribution in [3.8, 4) is 0 Å². The lowest BCUT2D eigenvalue weighted by atomic mass is 10.0. The minimum atomic E-state index is -0.716. The van der Waals surface area contributed by atoms with Crippen molar-refractivity contribution in [1.29, 1.82) is 0 Å². The van der Waals surface area contributed by atoms with Crippen molar-refractivity contribution in [3.63, 3.8) is 0 Å². The van der Waals surface area contributed by atoms with Crippen LogP contribution in [0.5, 0.6) is 0 Å². The number of aliphatic hydroxyl groups is 2. The highest BCUT2D eigenvalue weighted by Crippen LogP contribution is 2.12. The summed E-state index contributed by atoms with van der Waals surface area (Å²) in [5.74, 6) is 0. The van der Waals surface area contributed by atoms with Crippen LogP contribution in [0.1, 0.15) is 58.3 Å². The zero-order chi connectivity index (χ0) is 12.9. The molecule has 2 N–H and O–H groups in total. The quantitative estimate of drug-likeness (QED) is 0.252. The van der Waals surface area contributed by atoms with E-state index in [0.29, 0.717) is 6.42 Å². The molecule has 2 atom stereocenters. The summed E-state index contributed by atoms with van der Waals surface area (Å²) in [6, 6.07) is -0.694. The van der Waals surface area contributed by atoms with E-state index in [-0.39, 0.29) is 6.61 Å². The van der Waals surface area contributed by atoms with Gasteiger partial charge in [-0.25, -0.2) is 0 Å². The normalized spacial score (nSPS) is 14.1. The van der Waals surface area contributed by atoms with Gasteiger partial charge in [-0.3, -0.25) is 0 Å². The van der Waals surface area contributed by atoms with E-state index < -0.39 is 12.1 Å². The molecule has 5 heteroatoms. The van der Waals surface area contributed by atoms with E-state index in [1.165, 1.54) is 32.1 Å². The average molecular weight is 243 g/mol. The lowest BCUT2D eigenvalue weighted by Crippen LogP contribution is -2.27. The lowest BCUT2D eigenvalue weighted by Gasteiger charge is -2.15. The molecule has 0 aliphatic carbocycles. The fourth-order valence-corrected chi connectivity index (χ4v) is 1.80. The Labute approximate surface area is 103 Å². The summed E-state index contributed by atoms with van der Waals surface area (Å²) in [6.45, 7) is 1.91. The SMILES string of the molecule is CCCCCCCCC[C@H](O)[C@@H](CO)N=[N+]=[N-]. The van der Waals surface area contributed by atoms with E-state index in [1.54, 1.807) is 0 Å². The molecule has 0 unspecified atom stereocenters. The van der Waals surface area contributed by atoms with E-state index >= 15 is 0 Å². The smallest absolute Gasteiger partial charge is 0.0864 e. The van der Waals surface area contributed by atoms with Crippen LogP contribution in [0.15, 0.2) is 5.11 Å². The molecule has 5 nitrogen and oxygen atoms in total. The molecule has 0 saturated carbocycles. The van der Waals surface area contributed by atoms with Crippen molar-refractivity contribution in [2.24, 2.45) is 5.11 Å². The van der Waals surface area contributed by atoms with Crippen LogP contribution >= 0.6 is 0 Å². The van der Waals surface area contributed by atoms with E-state index in [4.69, 9.17) is 10.6 Å². The van der Waals surface area contributed by atoms with Gasteiger partial charge in [-0.1, -0.05) is 57.0 Å². The molecule has 0 bridgehead atoms. The Bertz CT molecular complexity index is 218. The summed E-state index contributed by atoms with van der Waals surface area (Å²) < 4.78 is 0. The minimum absolute atomic E-state index is 0.290. The van der Waals surface area contributed by atoms with Gasteiger partial charge in [0.15, 0.2) is 0 Å². The number of hydrogen-bond donors (Lipinski definition) is 2. The predicted octanol–water partition coefficient (Wildman–Crippen LogP) is 3.16. The highest BCUT2D eigenvalue weighted by atomic mass is 16.3. The predicted molar refractivity (Wildman–Crippen MR) is 68.6 cm³/mol. The van der Waals surface area contributed by atoms with Gasteiger partial charge in [0.2, 0.25) is 0 Å². The van der Waals surface area contributed by atoms with Crippen LogP contribution in [0.4, 0.5) is 0 Å². The minimum Gasteiger partial charge on any atom is -0.396 e. The van der Waals surface area contributed by atoms with Crippen LogP contribution in [0.2, 0.25) is 0 Å². The summed E-state index contributed by atoms with van der Waals surface area (Å²) >= 11 is 0. The van der Waals surface area contributed by atoms with Gasteiger partial charge in [-0.05, 0) is 12.0 Å². The fourth-order valence-electron chi connectivity index (χ4n) is 1.80. The Hall–Kier alpha value is -0.770. The molecule has 0 aromatic carbocycles. The van der Waals surface area contributed by atoms with Crippen LogP contribution in [0.25, 0.3) is 10.4 Å². The van der Waals surface area contributed by atoms with E-state index in [9.17, 15) is 5.11 Å². The Balaban J connectivity index is 3.49. The molecule has 0 saturated heterocycles. The maximum Gasteiger partial charge on any atom is 0.0864 e. The van der Waals surface area contributed by atoms with E-state index in [0.717, 1.165) is 12.8 Å². The summed E-state index contributed by atoms with van der Waals surface area (Å²) in [5, 5.41) is 21.9. The van der Waals surface area contributed by atoms with Gasteiger partial charge in [0.1, 0.15) is 0 Å². The highest BCUT2D eigenvalue weighted by molar-refractivity contribution is 4.75. The second-order valence-electron chi connectivity index (χ2n) is 4.43. The fraction of sp³-hybridized carbons (Fsp3) is 1.00.